The van der Waals surface area contributed by atoms with E-state index >= 15 is 0 Å². The quantitative estimate of drug-likeness (QED) is 0.863. The maximum Gasteiger partial charge on any atom is 0.297 e. The summed E-state index contributed by atoms with van der Waals surface area (Å²) in [5, 5.41) is 8.22. The van der Waals surface area contributed by atoms with Crippen LogP contribution >= 0.6 is 0 Å². The highest BCUT2D eigenvalue weighted by Gasteiger charge is 2.18. The lowest BCUT2D eigenvalue weighted by Gasteiger charge is -2.09. The van der Waals surface area contributed by atoms with Gasteiger partial charge < -0.3 is 0 Å². The number of hydrogen-bond acceptors (Lipinski definition) is 4. The minimum Gasteiger partial charge on any atom is -0.270 e. The summed E-state index contributed by atoms with van der Waals surface area (Å²) in [6.07, 6.45) is 5.87. The number of rotatable bonds is 4. The van der Waals surface area contributed by atoms with Crippen LogP contribution in [-0.4, -0.2) is 27.0 Å². The zero-order valence-electron chi connectivity index (χ0n) is 11.0. The molecule has 0 spiro atoms. The lowest BCUT2D eigenvalue weighted by Crippen LogP contribution is -2.28. The lowest BCUT2D eigenvalue weighted by molar-refractivity contribution is -0.0127. The van der Waals surface area contributed by atoms with Crippen molar-refractivity contribution in [2.24, 2.45) is 0 Å². The molecule has 1 N–H and O–H groups in total. The minimum absolute atomic E-state index is 0.128. The Balaban J connectivity index is 1.62. The number of para-hydroxylation sites is 1. The summed E-state index contributed by atoms with van der Waals surface area (Å²) in [7, 11) is 0. The highest BCUT2D eigenvalue weighted by Crippen LogP contribution is 2.19. The van der Waals surface area contributed by atoms with E-state index in [4.69, 9.17) is 4.84 Å². The second-order valence-electron chi connectivity index (χ2n) is 4.81. The Morgan fingerprint density at radius 1 is 1.25 bits per heavy atom. The highest BCUT2D eigenvalue weighted by atomic mass is 16.7. The number of benzene rings is 1. The Morgan fingerprint density at radius 3 is 2.75 bits per heavy atom. The first-order valence-electron chi connectivity index (χ1n) is 6.77. The molecule has 0 radical (unpaired) electrons. The van der Waals surface area contributed by atoms with Crippen molar-refractivity contribution in [1.29, 1.82) is 0 Å². The summed E-state index contributed by atoms with van der Waals surface area (Å²) in [5.41, 5.74) is 3.50. The van der Waals surface area contributed by atoms with E-state index in [9.17, 15) is 4.79 Å². The van der Waals surface area contributed by atoms with Crippen molar-refractivity contribution in [1.82, 2.24) is 20.5 Å². The first-order valence-corrected chi connectivity index (χ1v) is 6.77. The normalized spacial score (nSPS) is 15.4. The average Bonchev–Trinajstić information content (AvgIpc) is 3.17. The number of amides is 1. The Labute approximate surface area is 116 Å². The Morgan fingerprint density at radius 2 is 2.00 bits per heavy atom. The van der Waals surface area contributed by atoms with E-state index < -0.39 is 0 Å². The third-order valence-electron chi connectivity index (χ3n) is 3.33. The van der Waals surface area contributed by atoms with E-state index in [2.05, 4.69) is 15.7 Å². The summed E-state index contributed by atoms with van der Waals surface area (Å²) in [6, 6.07) is 9.44. The van der Waals surface area contributed by atoms with Crippen molar-refractivity contribution in [3.8, 4) is 5.69 Å². The van der Waals surface area contributed by atoms with E-state index in [-0.39, 0.29) is 17.7 Å². The smallest absolute Gasteiger partial charge is 0.270 e. The molecule has 1 aromatic carbocycles. The molecule has 3 rings (SSSR count). The van der Waals surface area contributed by atoms with Gasteiger partial charge in [0.1, 0.15) is 0 Å². The molecular formula is C14H16N4O2. The molecule has 2 aromatic rings. The van der Waals surface area contributed by atoms with Gasteiger partial charge in [0.2, 0.25) is 0 Å². The number of nitrogens with zero attached hydrogens (tertiary/aromatic N) is 3. The van der Waals surface area contributed by atoms with Crippen molar-refractivity contribution in [2.75, 3.05) is 0 Å². The zero-order chi connectivity index (χ0) is 13.8. The van der Waals surface area contributed by atoms with Gasteiger partial charge in [-0.25, -0.2) is 5.48 Å². The van der Waals surface area contributed by atoms with Crippen LogP contribution in [0.5, 0.6) is 0 Å². The summed E-state index contributed by atoms with van der Waals surface area (Å²) >= 11 is 0. The molecule has 1 fully saturated rings. The highest BCUT2D eigenvalue weighted by molar-refractivity contribution is 5.91. The molecule has 0 saturated heterocycles. The van der Waals surface area contributed by atoms with E-state index in [1.54, 1.807) is 0 Å². The zero-order valence-corrected chi connectivity index (χ0v) is 11.0. The fourth-order valence-corrected chi connectivity index (χ4v) is 2.25. The Bertz CT molecular complexity index is 576. The molecular weight excluding hydrogens is 256 g/mol. The van der Waals surface area contributed by atoms with Gasteiger partial charge in [-0.3, -0.25) is 9.63 Å². The molecule has 0 unspecified atom stereocenters. The van der Waals surface area contributed by atoms with Crippen LogP contribution in [0.2, 0.25) is 0 Å². The molecule has 104 valence electrons. The number of carbonyl (C=O) groups excluding carboxylic acids is 1. The van der Waals surface area contributed by atoms with Gasteiger partial charge in [-0.15, -0.1) is 5.10 Å². The predicted molar refractivity (Wildman–Crippen MR) is 72.2 cm³/mol. The molecule has 1 heterocycles. The van der Waals surface area contributed by atoms with Crippen LogP contribution in [0.4, 0.5) is 0 Å². The minimum atomic E-state index is -0.362. The van der Waals surface area contributed by atoms with Gasteiger partial charge in [-0.1, -0.05) is 31.0 Å². The third-order valence-corrected chi connectivity index (χ3v) is 3.33. The van der Waals surface area contributed by atoms with Gasteiger partial charge in [0.05, 0.1) is 18.0 Å². The summed E-state index contributed by atoms with van der Waals surface area (Å²) < 4.78 is 0. The molecule has 1 amide bonds. The first-order chi connectivity index (χ1) is 9.83. The van der Waals surface area contributed by atoms with Crippen molar-refractivity contribution < 1.29 is 9.63 Å². The second-order valence-corrected chi connectivity index (χ2v) is 4.81. The predicted octanol–water partition coefficient (Wildman–Crippen LogP) is 1.87. The molecule has 1 aliphatic carbocycles. The van der Waals surface area contributed by atoms with E-state index in [1.165, 1.54) is 11.0 Å². The van der Waals surface area contributed by atoms with Crippen molar-refractivity contribution in [3.05, 3.63) is 42.2 Å². The van der Waals surface area contributed by atoms with Crippen LogP contribution < -0.4 is 5.48 Å². The summed E-state index contributed by atoms with van der Waals surface area (Å²) in [5.74, 6) is -0.362. The largest absolute Gasteiger partial charge is 0.297 e. The number of carbonyl (C=O) groups is 1. The van der Waals surface area contributed by atoms with Gasteiger partial charge in [-0.05, 0) is 25.0 Å². The van der Waals surface area contributed by atoms with E-state index in [1.807, 2.05) is 30.3 Å². The lowest BCUT2D eigenvalue weighted by atomic mass is 10.3. The molecule has 0 aliphatic heterocycles. The number of nitrogens with one attached hydrogen (secondary N) is 1. The SMILES string of the molecule is O=C(NOC1CCCC1)c1cnn(-c2ccccc2)n1. The standard InChI is InChI=1S/C14H16N4O2/c19-14(17-20-12-8-4-5-9-12)13-10-15-18(16-13)11-6-2-1-3-7-11/h1-3,6-7,10,12H,4-5,8-9H2,(H,17,19). The maximum absolute atomic E-state index is 11.9. The van der Waals surface area contributed by atoms with Crippen molar-refractivity contribution in [2.45, 2.75) is 31.8 Å². The van der Waals surface area contributed by atoms with E-state index in [0.29, 0.717) is 0 Å². The van der Waals surface area contributed by atoms with Crippen LogP contribution in [0.1, 0.15) is 36.2 Å². The van der Waals surface area contributed by atoms with Crippen LogP contribution in [0.25, 0.3) is 5.69 Å². The maximum atomic E-state index is 11.9. The van der Waals surface area contributed by atoms with Crippen LogP contribution in [0.15, 0.2) is 36.5 Å². The second kappa shape index (κ2) is 5.83. The van der Waals surface area contributed by atoms with E-state index in [0.717, 1.165) is 31.4 Å². The van der Waals surface area contributed by atoms with Crippen molar-refractivity contribution in [3.63, 3.8) is 0 Å². The van der Waals surface area contributed by atoms with Crippen molar-refractivity contribution >= 4 is 5.91 Å². The summed E-state index contributed by atoms with van der Waals surface area (Å²) in [4.78, 5) is 18.7. The molecule has 6 heteroatoms. The van der Waals surface area contributed by atoms with Gasteiger partial charge >= 0.3 is 0 Å². The van der Waals surface area contributed by atoms with Gasteiger partial charge in [0.25, 0.3) is 5.91 Å². The molecule has 6 nitrogen and oxygen atoms in total. The number of hydrogen-bond donors (Lipinski definition) is 1. The molecule has 1 aromatic heterocycles. The van der Waals surface area contributed by atoms with Crippen LogP contribution in [0.3, 0.4) is 0 Å². The molecule has 20 heavy (non-hydrogen) atoms. The Hall–Kier alpha value is -2.21. The Kier molecular flexibility index (Phi) is 3.73. The fourth-order valence-electron chi connectivity index (χ4n) is 2.25. The van der Waals surface area contributed by atoms with Crippen LogP contribution in [-0.2, 0) is 4.84 Å². The van der Waals surface area contributed by atoms with Crippen LogP contribution in [0, 0.1) is 0 Å². The molecule has 0 bridgehead atoms. The average molecular weight is 272 g/mol. The summed E-state index contributed by atoms with van der Waals surface area (Å²) in [6.45, 7) is 0. The molecule has 0 atom stereocenters. The third kappa shape index (κ3) is 2.85. The first kappa shape index (κ1) is 12.8. The molecule has 1 saturated carbocycles. The number of aromatic nitrogens is 3. The van der Waals surface area contributed by atoms with Gasteiger partial charge in [0, 0.05) is 0 Å². The molecule has 1 aliphatic rings. The topological polar surface area (TPSA) is 69.0 Å². The fraction of sp³-hybridized carbons (Fsp3) is 0.357. The van der Waals surface area contributed by atoms with Gasteiger partial charge in [-0.2, -0.15) is 9.90 Å². The monoisotopic (exact) mass is 272 g/mol. The number of hydroxylamine groups is 1. The van der Waals surface area contributed by atoms with Gasteiger partial charge in [0.15, 0.2) is 5.69 Å².